The first-order valence-corrected chi connectivity index (χ1v) is 8.80. The van der Waals surface area contributed by atoms with E-state index in [-0.39, 0.29) is 9.92 Å². The summed E-state index contributed by atoms with van der Waals surface area (Å²) in [5.74, 6) is 0.342. The fourth-order valence-electron chi connectivity index (χ4n) is 2.09. The fraction of sp³-hybridized carbons (Fsp3) is 0.500. The van der Waals surface area contributed by atoms with E-state index in [1.54, 1.807) is 12.1 Å². The summed E-state index contributed by atoms with van der Waals surface area (Å²) in [4.78, 5) is 0.118. The van der Waals surface area contributed by atoms with Crippen molar-refractivity contribution in [3.63, 3.8) is 0 Å². The van der Waals surface area contributed by atoms with E-state index in [0.717, 1.165) is 25.9 Å². The first-order chi connectivity index (χ1) is 8.99. The Labute approximate surface area is 127 Å². The zero-order valence-corrected chi connectivity index (χ0v) is 13.5. The number of benzene rings is 1. The van der Waals surface area contributed by atoms with E-state index >= 15 is 0 Å². The molecule has 0 aromatic heterocycles. The Bertz CT molecular complexity index is 545. The lowest BCUT2D eigenvalue weighted by Crippen LogP contribution is -2.38. The van der Waals surface area contributed by atoms with Crippen molar-refractivity contribution < 1.29 is 8.42 Å². The number of sulfonamides is 1. The van der Waals surface area contributed by atoms with E-state index in [1.165, 1.54) is 6.07 Å². The van der Waals surface area contributed by atoms with Gasteiger partial charge < -0.3 is 5.32 Å². The van der Waals surface area contributed by atoms with Gasteiger partial charge in [0.05, 0.1) is 5.02 Å². The van der Waals surface area contributed by atoms with Crippen molar-refractivity contribution in [3.8, 4) is 0 Å². The van der Waals surface area contributed by atoms with Crippen molar-refractivity contribution in [1.29, 1.82) is 0 Å². The Morgan fingerprint density at radius 3 is 2.95 bits per heavy atom. The molecule has 0 unspecified atom stereocenters. The van der Waals surface area contributed by atoms with Crippen molar-refractivity contribution in [2.45, 2.75) is 17.7 Å². The maximum absolute atomic E-state index is 12.2. The molecule has 106 valence electrons. The molecule has 1 saturated heterocycles. The molecule has 1 aliphatic heterocycles. The lowest BCUT2D eigenvalue weighted by molar-refractivity contribution is 0.376. The van der Waals surface area contributed by atoms with Crippen LogP contribution in [0.25, 0.3) is 0 Å². The second kappa shape index (κ2) is 6.54. The molecule has 2 rings (SSSR count). The summed E-state index contributed by atoms with van der Waals surface area (Å²) in [6.45, 7) is 2.31. The highest BCUT2D eigenvalue weighted by Gasteiger charge is 2.21. The monoisotopic (exact) mass is 366 g/mol. The SMILES string of the molecule is O=S(=O)(NC[C@H]1CCCNC1)c1cc(Br)ccc1Cl. The molecular formula is C12H16BrClN2O2S. The van der Waals surface area contributed by atoms with Crippen LogP contribution in [0.2, 0.25) is 5.02 Å². The van der Waals surface area contributed by atoms with Crippen molar-refractivity contribution in [2.75, 3.05) is 19.6 Å². The van der Waals surface area contributed by atoms with E-state index in [1.807, 2.05) is 0 Å². The van der Waals surface area contributed by atoms with Crippen LogP contribution >= 0.6 is 27.5 Å². The van der Waals surface area contributed by atoms with E-state index < -0.39 is 10.0 Å². The third-order valence-corrected chi connectivity index (χ3v) is 5.54. The molecule has 0 radical (unpaired) electrons. The Kier molecular flexibility index (Phi) is 5.25. The molecule has 1 aromatic rings. The van der Waals surface area contributed by atoms with Gasteiger partial charge in [-0.05, 0) is 50.0 Å². The van der Waals surface area contributed by atoms with Gasteiger partial charge in [-0.1, -0.05) is 27.5 Å². The highest BCUT2D eigenvalue weighted by molar-refractivity contribution is 9.10. The minimum absolute atomic E-state index is 0.118. The third kappa shape index (κ3) is 4.16. The van der Waals surface area contributed by atoms with Gasteiger partial charge in [-0.25, -0.2) is 13.1 Å². The standard InChI is InChI=1S/C12H16BrClN2O2S/c13-10-3-4-11(14)12(6-10)19(17,18)16-8-9-2-1-5-15-7-9/h3-4,6,9,15-16H,1-2,5,7-8H2/t9-/m0/s1. The first kappa shape index (κ1) is 15.3. The summed E-state index contributed by atoms with van der Waals surface area (Å²) in [6.07, 6.45) is 2.13. The second-order valence-corrected chi connectivity index (χ2v) is 7.70. The van der Waals surface area contributed by atoms with Crippen LogP contribution in [0, 0.1) is 5.92 Å². The van der Waals surface area contributed by atoms with Gasteiger partial charge in [-0.15, -0.1) is 0 Å². The summed E-state index contributed by atoms with van der Waals surface area (Å²) < 4.78 is 27.8. The maximum atomic E-state index is 12.2. The summed E-state index contributed by atoms with van der Waals surface area (Å²) in [6, 6.07) is 4.80. The Morgan fingerprint density at radius 2 is 2.26 bits per heavy atom. The Hall–Kier alpha value is -0.140. The van der Waals surface area contributed by atoms with E-state index in [4.69, 9.17) is 11.6 Å². The van der Waals surface area contributed by atoms with Crippen LogP contribution in [-0.2, 0) is 10.0 Å². The molecule has 0 spiro atoms. The predicted octanol–water partition coefficient (Wildman–Crippen LogP) is 2.38. The number of hydrogen-bond donors (Lipinski definition) is 2. The van der Waals surface area contributed by atoms with Crippen LogP contribution in [-0.4, -0.2) is 28.1 Å². The average Bonchev–Trinajstić information content (AvgIpc) is 2.40. The predicted molar refractivity (Wildman–Crippen MR) is 79.9 cm³/mol. The number of piperidine rings is 1. The van der Waals surface area contributed by atoms with Gasteiger partial charge in [0.2, 0.25) is 10.0 Å². The van der Waals surface area contributed by atoms with E-state index in [0.29, 0.717) is 16.9 Å². The fourth-order valence-corrected chi connectivity index (χ4v) is 4.24. The number of rotatable bonds is 4. The molecule has 7 heteroatoms. The second-order valence-electron chi connectivity index (χ2n) is 4.64. The van der Waals surface area contributed by atoms with Gasteiger partial charge in [0.25, 0.3) is 0 Å². The minimum atomic E-state index is -3.55. The number of nitrogens with one attached hydrogen (secondary N) is 2. The molecule has 1 aliphatic rings. The molecular weight excluding hydrogens is 352 g/mol. The lowest BCUT2D eigenvalue weighted by atomic mass is 10.0. The van der Waals surface area contributed by atoms with Gasteiger partial charge in [0.15, 0.2) is 0 Å². The van der Waals surface area contributed by atoms with Gasteiger partial charge >= 0.3 is 0 Å². The quantitative estimate of drug-likeness (QED) is 0.859. The highest BCUT2D eigenvalue weighted by Crippen LogP contribution is 2.25. The van der Waals surface area contributed by atoms with Crippen molar-refractivity contribution in [2.24, 2.45) is 5.92 Å². The topological polar surface area (TPSA) is 58.2 Å². The summed E-state index contributed by atoms with van der Waals surface area (Å²) >= 11 is 9.21. The van der Waals surface area contributed by atoms with E-state index in [9.17, 15) is 8.42 Å². The van der Waals surface area contributed by atoms with Crippen molar-refractivity contribution in [1.82, 2.24) is 10.0 Å². The molecule has 1 fully saturated rings. The lowest BCUT2D eigenvalue weighted by Gasteiger charge is -2.22. The van der Waals surface area contributed by atoms with Gasteiger partial charge in [-0.2, -0.15) is 0 Å². The third-order valence-electron chi connectivity index (χ3n) is 3.14. The van der Waals surface area contributed by atoms with Crippen LogP contribution in [0.3, 0.4) is 0 Å². The molecule has 1 aromatic carbocycles. The molecule has 0 saturated carbocycles. The smallest absolute Gasteiger partial charge is 0.242 e. The highest BCUT2D eigenvalue weighted by atomic mass is 79.9. The first-order valence-electron chi connectivity index (χ1n) is 6.14. The summed E-state index contributed by atoms with van der Waals surface area (Å²) in [5, 5.41) is 3.50. The summed E-state index contributed by atoms with van der Waals surface area (Å²) in [5.41, 5.74) is 0. The molecule has 4 nitrogen and oxygen atoms in total. The van der Waals surface area contributed by atoms with Gasteiger partial charge in [0, 0.05) is 11.0 Å². The van der Waals surface area contributed by atoms with Crippen LogP contribution in [0.1, 0.15) is 12.8 Å². The Morgan fingerprint density at radius 1 is 1.47 bits per heavy atom. The van der Waals surface area contributed by atoms with Crippen LogP contribution in [0.4, 0.5) is 0 Å². The zero-order valence-electron chi connectivity index (χ0n) is 10.3. The van der Waals surface area contributed by atoms with Crippen LogP contribution in [0.5, 0.6) is 0 Å². The number of halogens is 2. The van der Waals surface area contributed by atoms with Gasteiger partial charge in [0.1, 0.15) is 4.90 Å². The molecule has 0 aliphatic carbocycles. The van der Waals surface area contributed by atoms with Crippen LogP contribution in [0.15, 0.2) is 27.6 Å². The largest absolute Gasteiger partial charge is 0.316 e. The van der Waals surface area contributed by atoms with Crippen molar-refractivity contribution >= 4 is 37.6 Å². The molecule has 2 N–H and O–H groups in total. The molecule has 19 heavy (non-hydrogen) atoms. The molecule has 0 bridgehead atoms. The van der Waals surface area contributed by atoms with Crippen LogP contribution < -0.4 is 10.0 Å². The van der Waals surface area contributed by atoms with Crippen molar-refractivity contribution in [3.05, 3.63) is 27.7 Å². The minimum Gasteiger partial charge on any atom is -0.316 e. The van der Waals surface area contributed by atoms with Gasteiger partial charge in [-0.3, -0.25) is 0 Å². The molecule has 1 heterocycles. The zero-order chi connectivity index (χ0) is 13.9. The molecule has 1 atom stereocenters. The van der Waals surface area contributed by atoms with E-state index in [2.05, 4.69) is 26.0 Å². The number of hydrogen-bond acceptors (Lipinski definition) is 3. The summed E-state index contributed by atoms with van der Waals surface area (Å²) in [7, 11) is -3.55. The Balaban J connectivity index is 2.07. The average molecular weight is 368 g/mol. The molecule has 0 amide bonds. The normalized spacial score (nSPS) is 20.4. The maximum Gasteiger partial charge on any atom is 0.242 e.